The van der Waals surface area contributed by atoms with Crippen molar-refractivity contribution in [3.63, 3.8) is 0 Å². The second-order valence-electron chi connectivity index (χ2n) is 4.10. The van der Waals surface area contributed by atoms with Gasteiger partial charge >= 0.3 is 0 Å². The summed E-state index contributed by atoms with van der Waals surface area (Å²) in [6, 6.07) is 3.10. The van der Waals surface area contributed by atoms with Crippen LogP contribution in [0.25, 0.3) is 11.0 Å². The highest BCUT2D eigenvalue weighted by atomic mass is 19.1. The number of halogens is 1. The molecule has 84 valence electrons. The molecule has 0 bridgehead atoms. The number of hydrogen-bond acceptors (Lipinski definition) is 4. The monoisotopic (exact) mass is 221 g/mol. The van der Waals surface area contributed by atoms with E-state index in [1.54, 1.807) is 6.07 Å². The molecule has 0 spiro atoms. The Balaban J connectivity index is 2.03. The molecule has 0 radical (unpaired) electrons. The van der Waals surface area contributed by atoms with E-state index < -0.39 is 0 Å². The fraction of sp³-hybridized carbons (Fsp3) is 0.455. The summed E-state index contributed by atoms with van der Waals surface area (Å²) in [5, 5.41) is 7.36. The smallest absolute Gasteiger partial charge is 0.148 e. The maximum atomic E-state index is 13.8. The third-order valence-corrected chi connectivity index (χ3v) is 3.02. The minimum absolute atomic E-state index is 0.245. The van der Waals surface area contributed by atoms with Crippen molar-refractivity contribution < 1.29 is 9.02 Å². The van der Waals surface area contributed by atoms with E-state index in [4.69, 9.17) is 0 Å². The zero-order valence-corrected chi connectivity index (χ0v) is 8.82. The Morgan fingerprint density at radius 1 is 1.06 bits per heavy atom. The number of anilines is 1. The Kier molecular flexibility index (Phi) is 2.23. The van der Waals surface area contributed by atoms with Crippen LogP contribution < -0.4 is 4.90 Å². The van der Waals surface area contributed by atoms with Crippen LogP contribution >= 0.6 is 0 Å². The molecule has 0 unspecified atom stereocenters. The molecule has 1 aromatic heterocycles. The van der Waals surface area contributed by atoms with Crippen molar-refractivity contribution in [1.29, 1.82) is 0 Å². The lowest BCUT2D eigenvalue weighted by atomic mass is 10.1. The summed E-state index contributed by atoms with van der Waals surface area (Å²) >= 11 is 0. The predicted octanol–water partition coefficient (Wildman–Crippen LogP) is 2.35. The van der Waals surface area contributed by atoms with Crippen LogP contribution in [-0.4, -0.2) is 23.4 Å². The fourth-order valence-corrected chi connectivity index (χ4v) is 2.17. The SMILES string of the molecule is Fc1cc2nonc2cc1N1CCCCC1. The normalized spacial score (nSPS) is 16.9. The molecule has 2 aromatic rings. The van der Waals surface area contributed by atoms with Gasteiger partial charge in [-0.05, 0) is 35.6 Å². The first-order chi connectivity index (χ1) is 7.84. The van der Waals surface area contributed by atoms with Crippen LogP contribution in [0.1, 0.15) is 19.3 Å². The van der Waals surface area contributed by atoms with Crippen LogP contribution in [0.4, 0.5) is 10.1 Å². The van der Waals surface area contributed by atoms with E-state index in [-0.39, 0.29) is 5.82 Å². The van der Waals surface area contributed by atoms with Crippen LogP contribution in [0.15, 0.2) is 16.8 Å². The molecule has 3 rings (SSSR count). The molecular weight excluding hydrogens is 209 g/mol. The van der Waals surface area contributed by atoms with E-state index in [9.17, 15) is 4.39 Å². The Labute approximate surface area is 92.0 Å². The summed E-state index contributed by atoms with van der Waals surface area (Å²) in [7, 11) is 0. The minimum atomic E-state index is -0.245. The van der Waals surface area contributed by atoms with Crippen molar-refractivity contribution in [2.75, 3.05) is 18.0 Å². The van der Waals surface area contributed by atoms with Crippen LogP contribution in [0.5, 0.6) is 0 Å². The topological polar surface area (TPSA) is 42.2 Å². The molecule has 0 saturated carbocycles. The molecule has 0 N–H and O–H groups in total. The van der Waals surface area contributed by atoms with Gasteiger partial charge in [0.1, 0.15) is 16.9 Å². The largest absolute Gasteiger partial charge is 0.369 e. The summed E-state index contributed by atoms with van der Waals surface area (Å²) in [5.74, 6) is -0.245. The number of fused-ring (bicyclic) bond motifs is 1. The van der Waals surface area contributed by atoms with Crippen molar-refractivity contribution >= 4 is 16.7 Å². The van der Waals surface area contributed by atoms with Gasteiger partial charge < -0.3 is 4.90 Å². The second kappa shape index (κ2) is 3.73. The highest BCUT2D eigenvalue weighted by Crippen LogP contribution is 2.26. The summed E-state index contributed by atoms with van der Waals surface area (Å²) < 4.78 is 18.4. The summed E-state index contributed by atoms with van der Waals surface area (Å²) in [6.07, 6.45) is 3.47. The van der Waals surface area contributed by atoms with Gasteiger partial charge in [0.2, 0.25) is 0 Å². The summed E-state index contributed by atoms with van der Waals surface area (Å²) in [4.78, 5) is 2.06. The Morgan fingerprint density at radius 3 is 2.50 bits per heavy atom. The third kappa shape index (κ3) is 1.52. The molecule has 4 nitrogen and oxygen atoms in total. The molecule has 1 fully saturated rings. The number of nitrogens with zero attached hydrogens (tertiary/aromatic N) is 3. The van der Waals surface area contributed by atoms with Gasteiger partial charge in [0.25, 0.3) is 0 Å². The average molecular weight is 221 g/mol. The predicted molar refractivity (Wildman–Crippen MR) is 57.8 cm³/mol. The van der Waals surface area contributed by atoms with Gasteiger partial charge in [-0.15, -0.1) is 0 Å². The van der Waals surface area contributed by atoms with Crippen molar-refractivity contribution in [2.45, 2.75) is 19.3 Å². The highest BCUT2D eigenvalue weighted by Gasteiger charge is 2.16. The lowest BCUT2D eigenvalue weighted by molar-refractivity contribution is 0.315. The van der Waals surface area contributed by atoms with Gasteiger partial charge in [0.15, 0.2) is 0 Å². The number of piperidine rings is 1. The maximum absolute atomic E-state index is 13.8. The Morgan fingerprint density at radius 2 is 1.75 bits per heavy atom. The highest BCUT2D eigenvalue weighted by molar-refractivity contribution is 5.78. The van der Waals surface area contributed by atoms with Gasteiger partial charge in [0, 0.05) is 19.2 Å². The fourth-order valence-electron chi connectivity index (χ4n) is 2.17. The molecule has 1 aliphatic heterocycles. The van der Waals surface area contributed by atoms with E-state index in [1.165, 1.54) is 12.5 Å². The number of benzene rings is 1. The standard InChI is InChI=1S/C11H12FN3O/c12-8-6-9-10(14-16-13-9)7-11(8)15-4-2-1-3-5-15/h6-7H,1-5H2. The summed E-state index contributed by atoms with van der Waals surface area (Å²) in [5.41, 5.74) is 1.70. The second-order valence-corrected chi connectivity index (χ2v) is 4.10. The van der Waals surface area contributed by atoms with Crippen molar-refractivity contribution in [1.82, 2.24) is 10.3 Å². The van der Waals surface area contributed by atoms with E-state index in [2.05, 4.69) is 19.8 Å². The van der Waals surface area contributed by atoms with E-state index in [0.29, 0.717) is 16.7 Å². The van der Waals surface area contributed by atoms with Crippen LogP contribution in [0.3, 0.4) is 0 Å². The first-order valence-electron chi connectivity index (χ1n) is 5.51. The van der Waals surface area contributed by atoms with Gasteiger partial charge in [-0.2, -0.15) is 0 Å². The zero-order valence-electron chi connectivity index (χ0n) is 8.82. The van der Waals surface area contributed by atoms with Gasteiger partial charge in [0.05, 0.1) is 5.69 Å². The quantitative estimate of drug-likeness (QED) is 0.741. The van der Waals surface area contributed by atoms with Crippen LogP contribution in [-0.2, 0) is 0 Å². The molecule has 5 heteroatoms. The minimum Gasteiger partial charge on any atom is -0.369 e. The summed E-state index contributed by atoms with van der Waals surface area (Å²) in [6.45, 7) is 1.82. The van der Waals surface area contributed by atoms with Crippen molar-refractivity contribution in [3.05, 3.63) is 17.9 Å². The van der Waals surface area contributed by atoms with Crippen molar-refractivity contribution in [2.24, 2.45) is 0 Å². The lowest BCUT2D eigenvalue weighted by Crippen LogP contribution is -2.30. The van der Waals surface area contributed by atoms with E-state index >= 15 is 0 Å². The Bertz CT molecular complexity index is 505. The first-order valence-corrected chi connectivity index (χ1v) is 5.51. The van der Waals surface area contributed by atoms with Crippen LogP contribution in [0.2, 0.25) is 0 Å². The number of aromatic nitrogens is 2. The van der Waals surface area contributed by atoms with Gasteiger partial charge in [-0.3, -0.25) is 0 Å². The zero-order chi connectivity index (χ0) is 11.0. The average Bonchev–Trinajstić information content (AvgIpc) is 2.76. The van der Waals surface area contributed by atoms with E-state index in [1.807, 2.05) is 0 Å². The maximum Gasteiger partial charge on any atom is 0.148 e. The molecule has 1 aliphatic rings. The lowest BCUT2D eigenvalue weighted by Gasteiger charge is -2.28. The van der Waals surface area contributed by atoms with Crippen molar-refractivity contribution in [3.8, 4) is 0 Å². The van der Waals surface area contributed by atoms with Crippen LogP contribution in [0, 0.1) is 5.82 Å². The molecular formula is C11H12FN3O. The van der Waals surface area contributed by atoms with E-state index in [0.717, 1.165) is 25.9 Å². The molecule has 0 atom stereocenters. The van der Waals surface area contributed by atoms with Gasteiger partial charge in [-0.1, -0.05) is 0 Å². The third-order valence-electron chi connectivity index (χ3n) is 3.02. The first kappa shape index (κ1) is 9.57. The molecule has 1 aromatic carbocycles. The molecule has 16 heavy (non-hydrogen) atoms. The number of hydrogen-bond donors (Lipinski definition) is 0. The Hall–Kier alpha value is -1.65. The molecule has 0 amide bonds. The molecule has 1 saturated heterocycles. The van der Waals surface area contributed by atoms with Gasteiger partial charge in [-0.25, -0.2) is 9.02 Å². The molecule has 2 heterocycles. The number of rotatable bonds is 1. The molecule has 0 aliphatic carbocycles.